The molecule has 0 heterocycles. The monoisotopic (exact) mass is 369 g/mol. The predicted octanol–water partition coefficient (Wildman–Crippen LogP) is 2.82. The van der Waals surface area contributed by atoms with Gasteiger partial charge in [0.05, 0.1) is 35.3 Å². The quantitative estimate of drug-likeness (QED) is 0.683. The van der Waals surface area contributed by atoms with Crippen LogP contribution in [0.3, 0.4) is 0 Å². The molecule has 0 saturated carbocycles. The second kappa shape index (κ2) is 9.74. The van der Waals surface area contributed by atoms with Crippen molar-refractivity contribution in [2.45, 2.75) is 12.1 Å². The second-order valence-electron chi connectivity index (χ2n) is 5.50. The number of rotatable bonds is 8. The first kappa shape index (κ1) is 19.7. The van der Waals surface area contributed by atoms with Crippen molar-refractivity contribution in [2.75, 3.05) is 13.2 Å². The maximum absolute atomic E-state index is 11.8. The van der Waals surface area contributed by atoms with E-state index in [0.29, 0.717) is 11.1 Å². The highest BCUT2D eigenvalue weighted by Gasteiger charge is 2.24. The largest absolute Gasteiger partial charge is 0.697 e. The second-order valence-corrected chi connectivity index (χ2v) is 6.46. The van der Waals surface area contributed by atoms with Crippen LogP contribution in [0, 0.1) is 22.7 Å². The Kier molecular flexibility index (Phi) is 7.37. The zero-order valence-corrected chi connectivity index (χ0v) is 14.8. The molecule has 0 bridgehead atoms. The fourth-order valence-electron chi connectivity index (χ4n) is 2.12. The number of nitrogens with zero attached hydrogens (tertiary/aromatic N) is 2. The lowest BCUT2D eigenvalue weighted by Gasteiger charge is -2.09. The van der Waals surface area contributed by atoms with Gasteiger partial charge in [-0.05, 0) is 35.4 Å². The average Bonchev–Trinajstić information content (AvgIpc) is 2.70. The van der Waals surface area contributed by atoms with Gasteiger partial charge in [-0.1, -0.05) is 24.3 Å². The molecule has 2 aromatic carbocycles. The van der Waals surface area contributed by atoms with E-state index in [1.165, 1.54) is 0 Å². The van der Waals surface area contributed by atoms with Crippen molar-refractivity contribution in [3.8, 4) is 12.1 Å². The Bertz CT molecular complexity index is 756. The summed E-state index contributed by atoms with van der Waals surface area (Å²) in [6.07, 6.45) is 0. The van der Waals surface area contributed by atoms with Crippen molar-refractivity contribution in [1.82, 2.24) is 0 Å². The third-order valence-corrected chi connectivity index (χ3v) is 4.37. The number of hydrogen-bond acceptors (Lipinski definition) is 7. The van der Waals surface area contributed by atoms with Crippen LogP contribution in [0.25, 0.3) is 0 Å². The van der Waals surface area contributed by atoms with Gasteiger partial charge in [0.2, 0.25) is 0 Å². The SMILES string of the molecule is N#Cc1ccc(C(N)CO[P+](=O)OCC(N)c2ccc(C#N)cc2)cc1. The normalized spacial score (nSPS) is 13.3. The molecule has 26 heavy (non-hydrogen) atoms. The smallest absolute Gasteiger partial charge is 0.322 e. The first-order valence-corrected chi connectivity index (χ1v) is 8.87. The lowest BCUT2D eigenvalue weighted by atomic mass is 10.1. The van der Waals surface area contributed by atoms with E-state index < -0.39 is 20.3 Å². The Labute approximate surface area is 152 Å². The summed E-state index contributed by atoms with van der Waals surface area (Å²) in [7, 11) is -2.36. The van der Waals surface area contributed by atoms with Crippen molar-refractivity contribution in [1.29, 1.82) is 10.5 Å². The van der Waals surface area contributed by atoms with E-state index in [4.69, 9.17) is 31.0 Å². The summed E-state index contributed by atoms with van der Waals surface area (Å²) in [6, 6.07) is 16.6. The van der Waals surface area contributed by atoms with Crippen molar-refractivity contribution < 1.29 is 13.6 Å². The molecule has 132 valence electrons. The molecule has 0 saturated heterocycles. The van der Waals surface area contributed by atoms with E-state index >= 15 is 0 Å². The van der Waals surface area contributed by atoms with Crippen molar-refractivity contribution >= 4 is 8.25 Å². The highest BCUT2D eigenvalue weighted by Crippen LogP contribution is 2.27. The van der Waals surface area contributed by atoms with E-state index in [0.717, 1.165) is 11.1 Å². The van der Waals surface area contributed by atoms with Crippen LogP contribution in [0.1, 0.15) is 34.3 Å². The Balaban J connectivity index is 1.77. The van der Waals surface area contributed by atoms with Crippen molar-refractivity contribution in [3.05, 3.63) is 70.8 Å². The summed E-state index contributed by atoms with van der Waals surface area (Å²) in [5.74, 6) is 0. The minimum absolute atomic E-state index is 0.00715. The summed E-state index contributed by atoms with van der Waals surface area (Å²) in [5, 5.41) is 17.5. The summed E-state index contributed by atoms with van der Waals surface area (Å²) in [6.45, 7) is 0.0143. The van der Waals surface area contributed by atoms with Gasteiger partial charge in [-0.25, -0.2) is 0 Å². The van der Waals surface area contributed by atoms with Gasteiger partial charge in [0, 0.05) is 4.57 Å². The Morgan fingerprint density at radius 1 is 0.808 bits per heavy atom. The Morgan fingerprint density at radius 2 is 1.15 bits per heavy atom. The van der Waals surface area contributed by atoms with Gasteiger partial charge in [0.15, 0.2) is 0 Å². The van der Waals surface area contributed by atoms with Crippen LogP contribution in [0.2, 0.25) is 0 Å². The van der Waals surface area contributed by atoms with E-state index in [1.807, 2.05) is 12.1 Å². The topological polar surface area (TPSA) is 135 Å². The maximum Gasteiger partial charge on any atom is 0.697 e. The van der Waals surface area contributed by atoms with E-state index in [2.05, 4.69) is 0 Å². The summed E-state index contributed by atoms with van der Waals surface area (Å²) < 4.78 is 22.1. The van der Waals surface area contributed by atoms with Gasteiger partial charge in [0.25, 0.3) is 0 Å². The first-order valence-electron chi connectivity index (χ1n) is 7.78. The zero-order valence-electron chi connectivity index (χ0n) is 13.9. The molecule has 4 N–H and O–H groups in total. The van der Waals surface area contributed by atoms with Crippen molar-refractivity contribution in [3.63, 3.8) is 0 Å². The van der Waals surface area contributed by atoms with Crippen LogP contribution < -0.4 is 11.5 Å². The molecular formula is C18H18N4O3P+. The fourth-order valence-corrected chi connectivity index (χ4v) is 2.76. The molecule has 2 rings (SSSR count). The average molecular weight is 369 g/mol. The number of nitrogens with two attached hydrogens (primary N) is 2. The molecular weight excluding hydrogens is 351 g/mol. The molecule has 2 unspecified atom stereocenters. The van der Waals surface area contributed by atoms with Crippen LogP contribution in [0.4, 0.5) is 0 Å². The molecule has 0 fully saturated rings. The van der Waals surface area contributed by atoms with Crippen LogP contribution in [-0.2, 0) is 13.6 Å². The molecule has 0 spiro atoms. The fraction of sp³-hybridized carbons (Fsp3) is 0.222. The van der Waals surface area contributed by atoms with Crippen LogP contribution in [0.5, 0.6) is 0 Å². The molecule has 0 radical (unpaired) electrons. The van der Waals surface area contributed by atoms with E-state index in [-0.39, 0.29) is 13.2 Å². The van der Waals surface area contributed by atoms with Crippen LogP contribution in [-0.4, -0.2) is 13.2 Å². The highest BCUT2D eigenvalue weighted by atomic mass is 31.1. The van der Waals surface area contributed by atoms with Crippen LogP contribution in [0.15, 0.2) is 48.5 Å². The number of nitriles is 2. The van der Waals surface area contributed by atoms with Crippen LogP contribution >= 0.6 is 8.25 Å². The summed E-state index contributed by atoms with van der Waals surface area (Å²) in [5.41, 5.74) is 14.5. The molecule has 0 aliphatic heterocycles. The Morgan fingerprint density at radius 3 is 1.46 bits per heavy atom. The molecule has 8 heteroatoms. The van der Waals surface area contributed by atoms with E-state index in [9.17, 15) is 4.57 Å². The number of benzene rings is 2. The molecule has 0 amide bonds. The minimum atomic E-state index is -2.36. The molecule has 0 aliphatic rings. The van der Waals surface area contributed by atoms with Gasteiger partial charge < -0.3 is 11.5 Å². The van der Waals surface area contributed by atoms with Crippen molar-refractivity contribution in [2.24, 2.45) is 11.5 Å². The van der Waals surface area contributed by atoms with E-state index in [1.54, 1.807) is 48.5 Å². The lowest BCUT2D eigenvalue weighted by molar-refractivity contribution is 0.207. The summed E-state index contributed by atoms with van der Waals surface area (Å²) >= 11 is 0. The molecule has 0 aromatic heterocycles. The summed E-state index contributed by atoms with van der Waals surface area (Å²) in [4.78, 5) is 0. The minimum Gasteiger partial charge on any atom is -0.322 e. The molecule has 7 nitrogen and oxygen atoms in total. The lowest BCUT2D eigenvalue weighted by Crippen LogP contribution is -2.17. The first-order chi connectivity index (χ1) is 12.5. The molecule has 2 atom stereocenters. The number of hydrogen-bond donors (Lipinski definition) is 2. The van der Waals surface area contributed by atoms with Gasteiger partial charge in [-0.2, -0.15) is 10.5 Å². The zero-order chi connectivity index (χ0) is 18.9. The van der Waals surface area contributed by atoms with Gasteiger partial charge >= 0.3 is 8.25 Å². The third kappa shape index (κ3) is 5.72. The van der Waals surface area contributed by atoms with Gasteiger partial charge in [-0.15, -0.1) is 9.05 Å². The standard InChI is InChI=1S/C18H18N4O3P/c19-9-13-1-5-15(6-2-13)17(21)11-24-26(23)25-12-18(22)16-7-3-14(10-20)4-8-16/h1-8,17-18H,11-12,21-22H2/q+1. The maximum atomic E-state index is 11.8. The predicted molar refractivity (Wildman–Crippen MR) is 95.7 cm³/mol. The van der Waals surface area contributed by atoms with Gasteiger partial charge in [-0.3, -0.25) is 0 Å². The highest BCUT2D eigenvalue weighted by molar-refractivity contribution is 7.33. The molecule has 2 aromatic rings. The molecule has 0 aliphatic carbocycles. The third-order valence-electron chi connectivity index (χ3n) is 3.65. The Hall–Kier alpha value is -2.64. The van der Waals surface area contributed by atoms with Gasteiger partial charge in [0.1, 0.15) is 13.2 Å².